The fourth-order valence-corrected chi connectivity index (χ4v) is 2.44. The summed E-state index contributed by atoms with van der Waals surface area (Å²) in [7, 11) is 0. The van der Waals surface area contributed by atoms with Crippen molar-refractivity contribution in [3.8, 4) is 6.07 Å². The van der Waals surface area contributed by atoms with Gasteiger partial charge in [-0.1, -0.05) is 26.2 Å². The molecule has 1 atom stereocenters. The average Bonchev–Trinajstić information content (AvgIpc) is 2.22. The molecule has 1 aliphatic heterocycles. The lowest BCUT2D eigenvalue weighted by atomic mass is 10.0. The Morgan fingerprint density at radius 3 is 2.25 bits per heavy atom. The first-order valence-corrected chi connectivity index (χ1v) is 6.59. The zero-order valence-electron chi connectivity index (χ0n) is 10.8. The highest BCUT2D eigenvalue weighted by Gasteiger charge is 2.25. The summed E-state index contributed by atoms with van der Waals surface area (Å²) in [6.45, 7) is 8.10. The number of nitrogens with zero attached hydrogens (tertiary/aromatic N) is 2. The van der Waals surface area contributed by atoms with Gasteiger partial charge in [0.2, 0.25) is 0 Å². The molecular weight excluding hydrogens is 198 g/mol. The first kappa shape index (κ1) is 13.5. The SMILES string of the molecule is CCNC(C)(C#N)CN1CCCCCCC1. The zero-order valence-corrected chi connectivity index (χ0v) is 10.8. The fourth-order valence-electron chi connectivity index (χ4n) is 2.44. The topological polar surface area (TPSA) is 39.1 Å². The molecule has 0 amide bonds. The molecule has 1 heterocycles. The van der Waals surface area contributed by atoms with E-state index in [0.717, 1.165) is 26.2 Å². The van der Waals surface area contributed by atoms with Crippen LogP contribution in [0, 0.1) is 11.3 Å². The molecule has 0 spiro atoms. The fraction of sp³-hybridized carbons (Fsp3) is 0.923. The summed E-state index contributed by atoms with van der Waals surface area (Å²) in [4.78, 5) is 2.45. The van der Waals surface area contributed by atoms with Crippen LogP contribution in [0.15, 0.2) is 0 Å². The molecule has 1 saturated heterocycles. The maximum Gasteiger partial charge on any atom is 0.116 e. The van der Waals surface area contributed by atoms with Crippen molar-refractivity contribution in [2.24, 2.45) is 0 Å². The minimum atomic E-state index is -0.381. The van der Waals surface area contributed by atoms with E-state index in [1.54, 1.807) is 0 Å². The minimum absolute atomic E-state index is 0.381. The molecule has 16 heavy (non-hydrogen) atoms. The van der Waals surface area contributed by atoms with Gasteiger partial charge in [-0.15, -0.1) is 0 Å². The van der Waals surface area contributed by atoms with E-state index >= 15 is 0 Å². The molecule has 1 unspecified atom stereocenters. The predicted octanol–water partition coefficient (Wildman–Crippen LogP) is 2.14. The van der Waals surface area contributed by atoms with Gasteiger partial charge < -0.3 is 4.90 Å². The number of rotatable bonds is 4. The lowest BCUT2D eigenvalue weighted by Crippen LogP contribution is -2.50. The third-order valence-electron chi connectivity index (χ3n) is 3.30. The number of likely N-dealkylation sites (N-methyl/N-ethyl adjacent to an activating group) is 1. The van der Waals surface area contributed by atoms with Crippen molar-refractivity contribution in [3.63, 3.8) is 0 Å². The lowest BCUT2D eigenvalue weighted by Gasteiger charge is -2.32. The van der Waals surface area contributed by atoms with Crippen LogP contribution in [-0.2, 0) is 0 Å². The zero-order chi connectivity index (χ0) is 11.9. The maximum atomic E-state index is 9.23. The lowest BCUT2D eigenvalue weighted by molar-refractivity contribution is 0.204. The molecule has 0 aliphatic carbocycles. The van der Waals surface area contributed by atoms with E-state index in [1.165, 1.54) is 32.1 Å². The molecule has 3 nitrogen and oxygen atoms in total. The Hall–Kier alpha value is -0.590. The summed E-state index contributed by atoms with van der Waals surface area (Å²) in [5.41, 5.74) is -0.381. The highest BCUT2D eigenvalue weighted by molar-refractivity contribution is 5.05. The second-order valence-electron chi connectivity index (χ2n) is 5.02. The second kappa shape index (κ2) is 6.88. The summed E-state index contributed by atoms with van der Waals surface area (Å²) < 4.78 is 0. The monoisotopic (exact) mass is 223 g/mol. The Morgan fingerprint density at radius 2 is 1.75 bits per heavy atom. The maximum absolute atomic E-state index is 9.23. The van der Waals surface area contributed by atoms with Gasteiger partial charge in [0, 0.05) is 6.54 Å². The first-order valence-electron chi connectivity index (χ1n) is 6.59. The molecule has 0 aromatic heterocycles. The van der Waals surface area contributed by atoms with E-state index in [4.69, 9.17) is 0 Å². The van der Waals surface area contributed by atoms with Gasteiger partial charge in [-0.3, -0.25) is 5.32 Å². The summed E-state index contributed by atoms with van der Waals surface area (Å²) in [6, 6.07) is 2.41. The summed E-state index contributed by atoms with van der Waals surface area (Å²) in [5.74, 6) is 0. The molecular formula is C13H25N3. The summed E-state index contributed by atoms with van der Waals surface area (Å²) >= 11 is 0. The molecule has 1 N–H and O–H groups in total. The van der Waals surface area contributed by atoms with Gasteiger partial charge in [-0.05, 0) is 39.4 Å². The van der Waals surface area contributed by atoms with E-state index in [-0.39, 0.29) is 5.54 Å². The number of nitrogens with one attached hydrogen (secondary N) is 1. The van der Waals surface area contributed by atoms with E-state index in [2.05, 4.69) is 23.2 Å². The third-order valence-corrected chi connectivity index (χ3v) is 3.30. The van der Waals surface area contributed by atoms with Crippen molar-refractivity contribution in [2.75, 3.05) is 26.2 Å². The Balaban J connectivity index is 2.45. The van der Waals surface area contributed by atoms with Gasteiger partial charge in [0.05, 0.1) is 6.07 Å². The number of likely N-dealkylation sites (tertiary alicyclic amines) is 1. The van der Waals surface area contributed by atoms with E-state index in [1.807, 2.05) is 6.92 Å². The molecule has 0 saturated carbocycles. The smallest absolute Gasteiger partial charge is 0.116 e. The molecule has 1 fully saturated rings. The first-order chi connectivity index (χ1) is 7.70. The van der Waals surface area contributed by atoms with Gasteiger partial charge in [0.15, 0.2) is 0 Å². The van der Waals surface area contributed by atoms with Crippen molar-refractivity contribution in [2.45, 2.75) is 51.5 Å². The molecule has 0 bridgehead atoms. The average molecular weight is 223 g/mol. The van der Waals surface area contributed by atoms with Crippen LogP contribution in [0.25, 0.3) is 0 Å². The van der Waals surface area contributed by atoms with Gasteiger partial charge in [-0.2, -0.15) is 5.26 Å². The van der Waals surface area contributed by atoms with Crippen molar-refractivity contribution in [3.05, 3.63) is 0 Å². The molecule has 1 aliphatic rings. The van der Waals surface area contributed by atoms with Gasteiger partial charge in [-0.25, -0.2) is 0 Å². The molecule has 0 radical (unpaired) electrons. The normalized spacial score (nSPS) is 22.8. The van der Waals surface area contributed by atoms with E-state index in [9.17, 15) is 5.26 Å². The molecule has 1 rings (SSSR count). The molecule has 0 aromatic rings. The Morgan fingerprint density at radius 1 is 1.19 bits per heavy atom. The van der Waals surface area contributed by atoms with Crippen LogP contribution in [0.4, 0.5) is 0 Å². The van der Waals surface area contributed by atoms with Crippen LogP contribution >= 0.6 is 0 Å². The van der Waals surface area contributed by atoms with Gasteiger partial charge in [0.25, 0.3) is 0 Å². The minimum Gasteiger partial charge on any atom is -0.300 e. The number of hydrogen-bond donors (Lipinski definition) is 1. The highest BCUT2D eigenvalue weighted by Crippen LogP contribution is 2.13. The van der Waals surface area contributed by atoms with Crippen LogP contribution in [0.5, 0.6) is 0 Å². The van der Waals surface area contributed by atoms with Crippen LogP contribution in [0.2, 0.25) is 0 Å². The standard InChI is InChI=1S/C13H25N3/c1-3-15-13(2,11-14)12-16-9-7-5-4-6-8-10-16/h15H,3-10,12H2,1-2H3. The van der Waals surface area contributed by atoms with E-state index < -0.39 is 0 Å². The largest absolute Gasteiger partial charge is 0.300 e. The van der Waals surface area contributed by atoms with Gasteiger partial charge in [0.1, 0.15) is 5.54 Å². The summed E-state index contributed by atoms with van der Waals surface area (Å²) in [5, 5.41) is 12.5. The van der Waals surface area contributed by atoms with Crippen molar-refractivity contribution in [1.29, 1.82) is 5.26 Å². The summed E-state index contributed by atoms with van der Waals surface area (Å²) in [6.07, 6.45) is 6.65. The van der Waals surface area contributed by atoms with Crippen LogP contribution in [-0.4, -0.2) is 36.6 Å². The van der Waals surface area contributed by atoms with Crippen LogP contribution < -0.4 is 5.32 Å². The Labute approximate surface area is 99.8 Å². The number of nitriles is 1. The molecule has 92 valence electrons. The number of hydrogen-bond acceptors (Lipinski definition) is 3. The van der Waals surface area contributed by atoms with Crippen LogP contribution in [0.1, 0.15) is 46.0 Å². The predicted molar refractivity (Wildman–Crippen MR) is 67.2 cm³/mol. The molecule has 3 heteroatoms. The quantitative estimate of drug-likeness (QED) is 0.793. The Kier molecular flexibility index (Phi) is 5.79. The van der Waals surface area contributed by atoms with E-state index in [0.29, 0.717) is 0 Å². The Bertz CT molecular complexity index is 226. The third kappa shape index (κ3) is 4.51. The van der Waals surface area contributed by atoms with Crippen LogP contribution in [0.3, 0.4) is 0 Å². The highest BCUT2D eigenvalue weighted by atomic mass is 15.2. The van der Waals surface area contributed by atoms with Crippen molar-refractivity contribution in [1.82, 2.24) is 10.2 Å². The van der Waals surface area contributed by atoms with Crippen molar-refractivity contribution >= 4 is 0 Å². The van der Waals surface area contributed by atoms with Gasteiger partial charge >= 0.3 is 0 Å². The molecule has 0 aromatic carbocycles. The van der Waals surface area contributed by atoms with Crippen molar-refractivity contribution < 1.29 is 0 Å². The second-order valence-corrected chi connectivity index (χ2v) is 5.02.